The van der Waals surface area contributed by atoms with Gasteiger partial charge in [0.1, 0.15) is 5.76 Å². The fraction of sp³-hybridized carbons (Fsp3) is 0.312. The zero-order chi connectivity index (χ0) is 14.1. The predicted molar refractivity (Wildman–Crippen MR) is 75.3 cm³/mol. The molecule has 4 nitrogen and oxygen atoms in total. The largest absolute Gasteiger partial charge is 0.465 e. The lowest BCUT2D eigenvalue weighted by atomic mass is 9.99. The Balaban J connectivity index is 1.85. The molecule has 0 aliphatic carbocycles. The molecule has 3 rings (SSSR count). The van der Waals surface area contributed by atoms with E-state index in [2.05, 4.69) is 6.92 Å². The number of carbonyl (C=O) groups is 1. The highest BCUT2D eigenvalue weighted by molar-refractivity contribution is 5.94. The fourth-order valence-electron chi connectivity index (χ4n) is 2.51. The summed E-state index contributed by atoms with van der Waals surface area (Å²) in [7, 11) is 0. The Morgan fingerprint density at radius 3 is 2.70 bits per heavy atom. The molecule has 104 valence electrons. The van der Waals surface area contributed by atoms with Crippen LogP contribution in [0.15, 0.2) is 45.1 Å². The summed E-state index contributed by atoms with van der Waals surface area (Å²) in [5, 5.41) is 0. The molecule has 0 unspecified atom stereocenters. The van der Waals surface area contributed by atoms with Crippen molar-refractivity contribution in [3.05, 3.63) is 53.4 Å². The maximum atomic E-state index is 12.5. The maximum absolute atomic E-state index is 12.5. The third-order valence-corrected chi connectivity index (χ3v) is 3.78. The van der Waals surface area contributed by atoms with Crippen LogP contribution in [0.3, 0.4) is 0 Å². The molecular weight excluding hydrogens is 254 g/mol. The van der Waals surface area contributed by atoms with Gasteiger partial charge in [0.2, 0.25) is 0 Å². The Bertz CT molecular complexity index is 649. The maximum Gasteiger partial charge on any atom is 0.290 e. The number of furan rings is 2. The van der Waals surface area contributed by atoms with E-state index < -0.39 is 0 Å². The molecule has 3 heterocycles. The molecule has 0 saturated heterocycles. The first kappa shape index (κ1) is 12.8. The number of carbonyl (C=O) groups excluding carboxylic acids is 1. The van der Waals surface area contributed by atoms with Crippen LogP contribution in [0, 0.1) is 6.92 Å². The quantitative estimate of drug-likeness (QED) is 0.839. The van der Waals surface area contributed by atoms with Gasteiger partial charge in [-0.1, -0.05) is 5.57 Å². The molecule has 0 fully saturated rings. The van der Waals surface area contributed by atoms with Crippen molar-refractivity contribution in [2.24, 2.45) is 0 Å². The summed E-state index contributed by atoms with van der Waals surface area (Å²) in [6.07, 6.45) is 4.08. The third kappa shape index (κ3) is 2.18. The lowest BCUT2D eigenvalue weighted by molar-refractivity contribution is 0.0739. The molecule has 1 aliphatic heterocycles. The van der Waals surface area contributed by atoms with Crippen molar-refractivity contribution in [2.45, 2.75) is 20.3 Å². The highest BCUT2D eigenvalue weighted by Crippen LogP contribution is 2.28. The standard InChI is InChI=1S/C16H17NO3/c1-11-5-7-17(10-13(11)14-4-3-8-19-14)16(18)15-12(2)6-9-20-15/h3-4,6,8-9H,5,7,10H2,1-2H3. The molecule has 2 aromatic rings. The van der Waals surface area contributed by atoms with Crippen molar-refractivity contribution in [3.63, 3.8) is 0 Å². The second-order valence-electron chi connectivity index (χ2n) is 5.15. The number of hydrogen-bond donors (Lipinski definition) is 0. The molecule has 20 heavy (non-hydrogen) atoms. The van der Waals surface area contributed by atoms with Crippen molar-refractivity contribution >= 4 is 11.5 Å². The zero-order valence-corrected chi connectivity index (χ0v) is 11.7. The van der Waals surface area contributed by atoms with Gasteiger partial charge in [-0.25, -0.2) is 0 Å². The lowest BCUT2D eigenvalue weighted by Gasteiger charge is -2.28. The second-order valence-corrected chi connectivity index (χ2v) is 5.15. The monoisotopic (exact) mass is 271 g/mol. The van der Waals surface area contributed by atoms with E-state index in [4.69, 9.17) is 8.83 Å². The number of amides is 1. The topological polar surface area (TPSA) is 46.6 Å². The van der Waals surface area contributed by atoms with E-state index in [9.17, 15) is 4.79 Å². The first-order valence-electron chi connectivity index (χ1n) is 6.72. The van der Waals surface area contributed by atoms with Gasteiger partial charge in [-0.2, -0.15) is 0 Å². The average molecular weight is 271 g/mol. The molecule has 0 aromatic carbocycles. The van der Waals surface area contributed by atoms with Crippen LogP contribution in [-0.2, 0) is 0 Å². The Morgan fingerprint density at radius 1 is 1.20 bits per heavy atom. The van der Waals surface area contributed by atoms with Gasteiger partial charge < -0.3 is 13.7 Å². The van der Waals surface area contributed by atoms with E-state index in [1.54, 1.807) is 12.5 Å². The summed E-state index contributed by atoms with van der Waals surface area (Å²) in [6, 6.07) is 5.61. The predicted octanol–water partition coefficient (Wildman–Crippen LogP) is 3.50. The van der Waals surface area contributed by atoms with Crippen molar-refractivity contribution in [3.8, 4) is 0 Å². The third-order valence-electron chi connectivity index (χ3n) is 3.78. The molecule has 2 aromatic heterocycles. The van der Waals surface area contributed by atoms with Crippen molar-refractivity contribution < 1.29 is 13.6 Å². The van der Waals surface area contributed by atoms with E-state index in [-0.39, 0.29) is 5.91 Å². The van der Waals surface area contributed by atoms with E-state index in [0.717, 1.165) is 29.9 Å². The van der Waals surface area contributed by atoms with Gasteiger partial charge in [-0.3, -0.25) is 4.79 Å². The molecule has 0 atom stereocenters. The Hall–Kier alpha value is -2.23. The number of aryl methyl sites for hydroxylation is 1. The summed E-state index contributed by atoms with van der Waals surface area (Å²) >= 11 is 0. The van der Waals surface area contributed by atoms with Crippen LogP contribution < -0.4 is 0 Å². The molecule has 0 spiro atoms. The minimum atomic E-state index is -0.0518. The van der Waals surface area contributed by atoms with Crippen molar-refractivity contribution in [1.29, 1.82) is 0 Å². The SMILES string of the molecule is CC1=C(c2ccco2)CN(C(=O)c2occc2C)CC1. The zero-order valence-electron chi connectivity index (χ0n) is 11.7. The molecule has 4 heteroatoms. The fourth-order valence-corrected chi connectivity index (χ4v) is 2.51. The van der Waals surface area contributed by atoms with Gasteiger partial charge in [0.25, 0.3) is 5.91 Å². The van der Waals surface area contributed by atoms with Gasteiger partial charge in [-0.05, 0) is 38.5 Å². The van der Waals surface area contributed by atoms with Crippen molar-refractivity contribution in [2.75, 3.05) is 13.1 Å². The minimum Gasteiger partial charge on any atom is -0.465 e. The van der Waals surface area contributed by atoms with Crippen LogP contribution >= 0.6 is 0 Å². The van der Waals surface area contributed by atoms with Gasteiger partial charge in [0.15, 0.2) is 5.76 Å². The summed E-state index contributed by atoms with van der Waals surface area (Å²) in [4.78, 5) is 14.3. The molecule has 0 radical (unpaired) electrons. The summed E-state index contributed by atoms with van der Waals surface area (Å²) in [5.41, 5.74) is 3.25. The van der Waals surface area contributed by atoms with Crippen LogP contribution in [0.25, 0.3) is 5.57 Å². The first-order chi connectivity index (χ1) is 9.66. The summed E-state index contributed by atoms with van der Waals surface area (Å²) in [5.74, 6) is 1.23. The summed E-state index contributed by atoms with van der Waals surface area (Å²) < 4.78 is 10.8. The normalized spacial score (nSPS) is 15.8. The highest BCUT2D eigenvalue weighted by atomic mass is 16.3. The van der Waals surface area contributed by atoms with E-state index in [0.29, 0.717) is 12.3 Å². The average Bonchev–Trinajstić information content (AvgIpc) is 3.09. The van der Waals surface area contributed by atoms with Crippen LogP contribution in [-0.4, -0.2) is 23.9 Å². The number of nitrogens with zero attached hydrogens (tertiary/aromatic N) is 1. The second kappa shape index (κ2) is 5.04. The van der Waals surface area contributed by atoms with Crippen molar-refractivity contribution in [1.82, 2.24) is 4.90 Å². The summed E-state index contributed by atoms with van der Waals surface area (Å²) in [6.45, 7) is 5.26. The van der Waals surface area contributed by atoms with Gasteiger partial charge in [0, 0.05) is 24.2 Å². The molecule has 0 bridgehead atoms. The molecule has 1 aliphatic rings. The molecule has 1 amide bonds. The van der Waals surface area contributed by atoms with E-state index >= 15 is 0 Å². The van der Waals surface area contributed by atoms with Gasteiger partial charge in [0.05, 0.1) is 12.5 Å². The highest BCUT2D eigenvalue weighted by Gasteiger charge is 2.26. The van der Waals surface area contributed by atoms with E-state index in [1.807, 2.05) is 30.0 Å². The lowest BCUT2D eigenvalue weighted by Crippen LogP contribution is -2.36. The molecular formula is C16H17NO3. The Labute approximate surface area is 117 Å². The first-order valence-corrected chi connectivity index (χ1v) is 6.72. The van der Waals surface area contributed by atoms with Crippen LogP contribution in [0.5, 0.6) is 0 Å². The molecule has 0 saturated carbocycles. The Kier molecular flexibility index (Phi) is 3.22. The number of rotatable bonds is 2. The van der Waals surface area contributed by atoms with E-state index in [1.165, 1.54) is 5.57 Å². The minimum absolute atomic E-state index is 0.0518. The van der Waals surface area contributed by atoms with Crippen LogP contribution in [0.4, 0.5) is 0 Å². The van der Waals surface area contributed by atoms with Gasteiger partial charge in [-0.15, -0.1) is 0 Å². The Morgan fingerprint density at radius 2 is 2.05 bits per heavy atom. The molecule has 0 N–H and O–H groups in total. The number of hydrogen-bond acceptors (Lipinski definition) is 3. The van der Waals surface area contributed by atoms with Crippen LogP contribution in [0.2, 0.25) is 0 Å². The van der Waals surface area contributed by atoms with Gasteiger partial charge >= 0.3 is 0 Å². The smallest absolute Gasteiger partial charge is 0.290 e. The van der Waals surface area contributed by atoms with Crippen LogP contribution in [0.1, 0.15) is 35.2 Å².